The summed E-state index contributed by atoms with van der Waals surface area (Å²) < 4.78 is 0. The highest BCUT2D eigenvalue weighted by atomic mass is 35.5. The first kappa shape index (κ1) is 14.9. The number of rotatable bonds is 3. The van der Waals surface area contributed by atoms with Gasteiger partial charge in [-0.3, -0.25) is 0 Å². The molecule has 0 aromatic heterocycles. The molecule has 0 heterocycles. The van der Waals surface area contributed by atoms with Crippen molar-refractivity contribution in [3.05, 3.63) is 34.9 Å². The van der Waals surface area contributed by atoms with Gasteiger partial charge < -0.3 is 5.32 Å². The van der Waals surface area contributed by atoms with Gasteiger partial charge in [0, 0.05) is 22.5 Å². The van der Waals surface area contributed by atoms with E-state index in [-0.39, 0.29) is 11.0 Å². The van der Waals surface area contributed by atoms with Gasteiger partial charge in [-0.15, -0.1) is 0 Å². The second-order valence-corrected chi connectivity index (χ2v) is 7.50. The summed E-state index contributed by atoms with van der Waals surface area (Å²) in [5, 5.41) is 4.54. The van der Waals surface area contributed by atoms with Crippen molar-refractivity contribution in [1.29, 1.82) is 0 Å². The molecule has 1 aromatic rings. The first-order chi connectivity index (χ1) is 8.83. The molecule has 0 saturated heterocycles. The van der Waals surface area contributed by atoms with Crippen LogP contribution in [0.15, 0.2) is 24.3 Å². The molecule has 1 aliphatic carbocycles. The molecule has 0 radical (unpaired) electrons. The summed E-state index contributed by atoms with van der Waals surface area (Å²) in [7, 11) is 0. The molecule has 2 heteroatoms. The number of hydrogen-bond donors (Lipinski definition) is 1. The van der Waals surface area contributed by atoms with Crippen LogP contribution in [0.25, 0.3) is 0 Å². The largest absolute Gasteiger partial charge is 0.311 e. The van der Waals surface area contributed by atoms with Crippen molar-refractivity contribution in [2.45, 2.75) is 57.9 Å². The molecular formula is C17H26ClN. The quantitative estimate of drug-likeness (QED) is 0.839. The summed E-state index contributed by atoms with van der Waals surface area (Å²) in [5.41, 5.74) is 1.89. The van der Waals surface area contributed by atoms with Gasteiger partial charge in [0.05, 0.1) is 0 Å². The molecule has 1 aromatic carbocycles. The summed E-state index contributed by atoms with van der Waals surface area (Å²) >= 11 is 6.03. The molecule has 0 amide bonds. The normalized spacial score (nSPS) is 27.7. The molecule has 2 rings (SSSR count). The Kier molecular flexibility index (Phi) is 4.27. The first-order valence-corrected chi connectivity index (χ1v) is 7.72. The summed E-state index contributed by atoms with van der Waals surface area (Å²) in [6.45, 7) is 10.2. The Morgan fingerprint density at radius 3 is 2.37 bits per heavy atom. The zero-order chi connectivity index (χ0) is 14.1. The van der Waals surface area contributed by atoms with Crippen molar-refractivity contribution in [2.75, 3.05) is 6.54 Å². The van der Waals surface area contributed by atoms with E-state index in [0.29, 0.717) is 0 Å². The third-order valence-corrected chi connectivity index (χ3v) is 4.81. The van der Waals surface area contributed by atoms with Gasteiger partial charge in [0.15, 0.2) is 0 Å². The van der Waals surface area contributed by atoms with Gasteiger partial charge in [-0.1, -0.05) is 37.1 Å². The highest BCUT2D eigenvalue weighted by molar-refractivity contribution is 6.30. The minimum Gasteiger partial charge on any atom is -0.311 e. The van der Waals surface area contributed by atoms with E-state index in [0.717, 1.165) is 17.5 Å². The minimum atomic E-state index is 0.168. The van der Waals surface area contributed by atoms with Gasteiger partial charge in [0.2, 0.25) is 0 Å². The minimum absolute atomic E-state index is 0.168. The van der Waals surface area contributed by atoms with E-state index in [1.165, 1.54) is 24.8 Å². The SMILES string of the molecule is CC1CCCC1(CNC(C)(C)C)c1ccc(Cl)cc1. The van der Waals surface area contributed by atoms with Crippen molar-refractivity contribution < 1.29 is 0 Å². The lowest BCUT2D eigenvalue weighted by molar-refractivity contribution is 0.279. The number of halogens is 1. The zero-order valence-corrected chi connectivity index (χ0v) is 13.3. The predicted molar refractivity (Wildman–Crippen MR) is 83.9 cm³/mol. The number of benzene rings is 1. The number of hydrogen-bond acceptors (Lipinski definition) is 1. The molecule has 2 unspecified atom stereocenters. The van der Waals surface area contributed by atoms with Crippen LogP contribution in [0.3, 0.4) is 0 Å². The molecule has 0 spiro atoms. The molecule has 19 heavy (non-hydrogen) atoms. The second-order valence-electron chi connectivity index (χ2n) is 7.06. The van der Waals surface area contributed by atoms with Crippen molar-refractivity contribution in [1.82, 2.24) is 5.32 Å². The molecule has 0 aliphatic heterocycles. The predicted octanol–water partition coefficient (Wildman–Crippen LogP) is 4.79. The Hall–Kier alpha value is -0.530. The molecule has 0 bridgehead atoms. The highest BCUT2D eigenvalue weighted by Gasteiger charge is 2.41. The van der Waals surface area contributed by atoms with E-state index in [4.69, 9.17) is 11.6 Å². The maximum Gasteiger partial charge on any atom is 0.0406 e. The second kappa shape index (κ2) is 5.46. The van der Waals surface area contributed by atoms with Crippen LogP contribution >= 0.6 is 11.6 Å². The molecule has 1 fully saturated rings. The van der Waals surface area contributed by atoms with Crippen molar-refractivity contribution >= 4 is 11.6 Å². The smallest absolute Gasteiger partial charge is 0.0406 e. The zero-order valence-electron chi connectivity index (χ0n) is 12.6. The average molecular weight is 280 g/mol. The van der Waals surface area contributed by atoms with Gasteiger partial charge in [-0.05, 0) is 57.2 Å². The Morgan fingerprint density at radius 2 is 1.89 bits per heavy atom. The van der Waals surface area contributed by atoms with E-state index in [1.54, 1.807) is 0 Å². The summed E-state index contributed by atoms with van der Waals surface area (Å²) in [6, 6.07) is 8.49. The van der Waals surface area contributed by atoms with Gasteiger partial charge in [0.1, 0.15) is 0 Å². The Morgan fingerprint density at radius 1 is 1.26 bits per heavy atom. The van der Waals surface area contributed by atoms with E-state index in [9.17, 15) is 0 Å². The lowest BCUT2D eigenvalue weighted by atomic mass is 9.72. The van der Waals surface area contributed by atoms with E-state index < -0.39 is 0 Å². The lowest BCUT2D eigenvalue weighted by Crippen LogP contribution is -2.47. The molecule has 106 valence electrons. The fraction of sp³-hybridized carbons (Fsp3) is 0.647. The fourth-order valence-electron chi connectivity index (χ4n) is 3.24. The summed E-state index contributed by atoms with van der Waals surface area (Å²) in [6.07, 6.45) is 3.93. The van der Waals surface area contributed by atoms with Gasteiger partial charge in [-0.2, -0.15) is 0 Å². The van der Waals surface area contributed by atoms with Gasteiger partial charge in [-0.25, -0.2) is 0 Å². The van der Waals surface area contributed by atoms with Crippen molar-refractivity contribution in [3.8, 4) is 0 Å². The number of nitrogens with one attached hydrogen (secondary N) is 1. The maximum atomic E-state index is 6.03. The molecule has 1 aliphatic rings. The molecule has 2 atom stereocenters. The topological polar surface area (TPSA) is 12.0 Å². The maximum absolute atomic E-state index is 6.03. The summed E-state index contributed by atoms with van der Waals surface area (Å²) in [5.74, 6) is 0.725. The average Bonchev–Trinajstić information content (AvgIpc) is 2.69. The molecule has 1 saturated carbocycles. The third kappa shape index (κ3) is 3.32. The summed E-state index contributed by atoms with van der Waals surface area (Å²) in [4.78, 5) is 0. The standard InChI is InChI=1S/C17H26ClN/c1-13-6-5-11-17(13,12-19-16(2,3)4)14-7-9-15(18)10-8-14/h7-10,13,19H,5-6,11-12H2,1-4H3. The monoisotopic (exact) mass is 279 g/mol. The molecule has 1 nitrogen and oxygen atoms in total. The van der Waals surface area contributed by atoms with Crippen LogP contribution in [0.2, 0.25) is 5.02 Å². The molecular weight excluding hydrogens is 254 g/mol. The van der Waals surface area contributed by atoms with E-state index in [1.807, 2.05) is 12.1 Å². The first-order valence-electron chi connectivity index (χ1n) is 7.35. The van der Waals surface area contributed by atoms with Gasteiger partial charge in [0.25, 0.3) is 0 Å². The fourth-order valence-corrected chi connectivity index (χ4v) is 3.37. The van der Waals surface area contributed by atoms with Gasteiger partial charge >= 0.3 is 0 Å². The van der Waals surface area contributed by atoms with Crippen LogP contribution in [-0.4, -0.2) is 12.1 Å². The van der Waals surface area contributed by atoms with Crippen molar-refractivity contribution in [2.24, 2.45) is 5.92 Å². The van der Waals surface area contributed by atoms with Crippen LogP contribution in [-0.2, 0) is 5.41 Å². The Balaban J connectivity index is 2.27. The van der Waals surface area contributed by atoms with E-state index in [2.05, 4.69) is 45.1 Å². The van der Waals surface area contributed by atoms with E-state index >= 15 is 0 Å². The third-order valence-electron chi connectivity index (χ3n) is 4.56. The van der Waals surface area contributed by atoms with Crippen LogP contribution in [0.5, 0.6) is 0 Å². The van der Waals surface area contributed by atoms with Crippen molar-refractivity contribution in [3.63, 3.8) is 0 Å². The Labute approximate surface area is 122 Å². The van der Waals surface area contributed by atoms with Crippen LogP contribution in [0, 0.1) is 5.92 Å². The van der Waals surface area contributed by atoms with Crippen LogP contribution < -0.4 is 5.32 Å². The highest BCUT2D eigenvalue weighted by Crippen LogP contribution is 2.45. The lowest BCUT2D eigenvalue weighted by Gasteiger charge is -2.38. The van der Waals surface area contributed by atoms with Crippen LogP contribution in [0.4, 0.5) is 0 Å². The molecule has 1 N–H and O–H groups in total. The van der Waals surface area contributed by atoms with Crippen LogP contribution in [0.1, 0.15) is 52.5 Å². The Bertz CT molecular complexity index is 418.